The van der Waals surface area contributed by atoms with Crippen molar-refractivity contribution >= 4 is 40.4 Å². The zero-order valence-electron chi connectivity index (χ0n) is 7.49. The van der Waals surface area contributed by atoms with Crippen molar-refractivity contribution in [2.75, 3.05) is 5.08 Å². The number of thioether (sulfide) groups is 3. The lowest BCUT2D eigenvalue weighted by Gasteiger charge is -2.08. The number of hydrogen-bond acceptors (Lipinski definition) is 4. The maximum atomic E-state index is 11.0. The monoisotopic (exact) mass is 232 g/mol. The molecule has 0 aromatic carbocycles. The molecule has 0 fully saturated rings. The normalized spacial score (nSPS) is 18.1. The minimum Gasteiger partial charge on any atom is -0.282 e. The van der Waals surface area contributed by atoms with Gasteiger partial charge in [0, 0.05) is 10.3 Å². The third kappa shape index (κ3) is 4.29. The van der Waals surface area contributed by atoms with Gasteiger partial charge in [-0.05, 0) is 22.8 Å². The summed E-state index contributed by atoms with van der Waals surface area (Å²) < 4.78 is 0. The molecular weight excluding hydrogens is 220 g/mol. The maximum Gasteiger partial charge on any atom is 0.211 e. The average Bonchev–Trinajstić information content (AvgIpc) is 2.56. The van der Waals surface area contributed by atoms with Crippen LogP contribution in [0, 0.1) is 0 Å². The first-order chi connectivity index (χ1) is 6.22. The van der Waals surface area contributed by atoms with Crippen LogP contribution in [0.1, 0.15) is 13.3 Å². The lowest BCUT2D eigenvalue weighted by molar-refractivity contribution is -0.107. The lowest BCUT2D eigenvalue weighted by atomic mass is 10.3. The van der Waals surface area contributed by atoms with Gasteiger partial charge in [0.2, 0.25) is 5.12 Å². The van der Waals surface area contributed by atoms with Crippen molar-refractivity contribution in [3.05, 3.63) is 23.0 Å². The zero-order chi connectivity index (χ0) is 9.68. The molecule has 13 heavy (non-hydrogen) atoms. The van der Waals surface area contributed by atoms with Crippen LogP contribution in [0.4, 0.5) is 0 Å². The van der Waals surface area contributed by atoms with E-state index in [1.54, 1.807) is 0 Å². The van der Waals surface area contributed by atoms with Crippen molar-refractivity contribution in [3.8, 4) is 0 Å². The predicted octanol–water partition coefficient (Wildman–Crippen LogP) is 3.49. The second-order valence-electron chi connectivity index (χ2n) is 2.67. The zero-order valence-corrected chi connectivity index (χ0v) is 9.94. The Balaban J connectivity index is 2.27. The van der Waals surface area contributed by atoms with Crippen molar-refractivity contribution < 1.29 is 4.79 Å². The van der Waals surface area contributed by atoms with E-state index in [9.17, 15) is 4.79 Å². The number of carbonyl (C=O) groups is 1. The van der Waals surface area contributed by atoms with Gasteiger partial charge in [-0.2, -0.15) is 0 Å². The van der Waals surface area contributed by atoms with Gasteiger partial charge >= 0.3 is 0 Å². The van der Waals surface area contributed by atoms with Crippen LogP contribution in [0.3, 0.4) is 0 Å². The molecule has 0 spiro atoms. The minimum absolute atomic E-state index is 0.0729. The van der Waals surface area contributed by atoms with Crippen LogP contribution < -0.4 is 0 Å². The summed E-state index contributed by atoms with van der Waals surface area (Å²) in [7, 11) is 0. The summed E-state index contributed by atoms with van der Waals surface area (Å²) >= 11 is 5.08. The molecule has 0 aliphatic carbocycles. The number of carbonyl (C=O) groups excluding carboxylic acids is 1. The molecular formula is C9H12OS3. The van der Waals surface area contributed by atoms with Gasteiger partial charge in [0.25, 0.3) is 0 Å². The fourth-order valence-corrected chi connectivity index (χ4v) is 4.09. The Morgan fingerprint density at radius 2 is 2.69 bits per heavy atom. The van der Waals surface area contributed by atoms with Gasteiger partial charge in [-0.15, -0.1) is 23.5 Å². The van der Waals surface area contributed by atoms with Gasteiger partial charge in [0.1, 0.15) is 0 Å². The SMILES string of the molecule is C=CC(=O)SC(C)CC1=CSCS1. The molecule has 4 heteroatoms. The Kier molecular flexibility index (Phi) is 5.06. The van der Waals surface area contributed by atoms with Gasteiger partial charge < -0.3 is 0 Å². The third-order valence-corrected chi connectivity index (χ3v) is 4.74. The quantitative estimate of drug-likeness (QED) is 0.690. The highest BCUT2D eigenvalue weighted by molar-refractivity contribution is 8.22. The van der Waals surface area contributed by atoms with Crippen molar-refractivity contribution in [1.82, 2.24) is 0 Å². The highest BCUT2D eigenvalue weighted by Crippen LogP contribution is 2.36. The largest absolute Gasteiger partial charge is 0.282 e. The summed E-state index contributed by atoms with van der Waals surface area (Å²) in [5.74, 6) is 0. The third-order valence-electron chi connectivity index (χ3n) is 1.50. The standard InChI is InChI=1S/C9H12OS3/c1-3-9(10)13-7(2)4-8-5-11-6-12-8/h3,5,7H,1,4,6H2,2H3. The topological polar surface area (TPSA) is 17.1 Å². The second kappa shape index (κ2) is 5.83. The van der Waals surface area contributed by atoms with E-state index < -0.39 is 0 Å². The Morgan fingerprint density at radius 3 is 3.23 bits per heavy atom. The molecule has 0 saturated heterocycles. The molecule has 0 saturated carbocycles. The fourth-order valence-electron chi connectivity index (χ4n) is 0.949. The number of rotatable bonds is 4. The van der Waals surface area contributed by atoms with E-state index in [4.69, 9.17) is 0 Å². The first kappa shape index (κ1) is 11.3. The van der Waals surface area contributed by atoms with E-state index in [0.717, 1.165) is 11.5 Å². The van der Waals surface area contributed by atoms with Crippen LogP contribution in [-0.4, -0.2) is 15.5 Å². The molecule has 0 N–H and O–H groups in total. The Bertz CT molecular complexity index is 235. The van der Waals surface area contributed by atoms with Crippen molar-refractivity contribution in [2.24, 2.45) is 0 Å². The molecule has 0 bridgehead atoms. The van der Waals surface area contributed by atoms with Gasteiger partial charge in [-0.25, -0.2) is 0 Å². The Morgan fingerprint density at radius 1 is 1.92 bits per heavy atom. The Labute approximate surface area is 91.8 Å². The highest BCUT2D eigenvalue weighted by atomic mass is 32.2. The Hall–Kier alpha value is 0.200. The smallest absolute Gasteiger partial charge is 0.211 e. The van der Waals surface area contributed by atoms with Crippen LogP contribution >= 0.6 is 35.3 Å². The van der Waals surface area contributed by atoms with Gasteiger partial charge in [0.15, 0.2) is 0 Å². The molecule has 72 valence electrons. The number of hydrogen-bond donors (Lipinski definition) is 0. The molecule has 0 radical (unpaired) electrons. The van der Waals surface area contributed by atoms with Crippen LogP contribution in [-0.2, 0) is 4.79 Å². The molecule has 1 rings (SSSR count). The summed E-state index contributed by atoms with van der Waals surface area (Å²) in [6, 6.07) is 0. The molecule has 0 aromatic rings. The summed E-state index contributed by atoms with van der Waals surface area (Å²) in [5.41, 5.74) is 0. The second-order valence-corrected chi connectivity index (χ2v) is 6.44. The molecule has 1 heterocycles. The van der Waals surface area contributed by atoms with Crippen molar-refractivity contribution in [2.45, 2.75) is 18.6 Å². The molecule has 1 aliphatic rings. The first-order valence-electron chi connectivity index (χ1n) is 3.99. The molecule has 0 aromatic heterocycles. The molecule has 0 amide bonds. The summed E-state index contributed by atoms with van der Waals surface area (Å²) in [6.07, 6.45) is 2.38. The maximum absolute atomic E-state index is 11.0. The van der Waals surface area contributed by atoms with Crippen molar-refractivity contribution in [3.63, 3.8) is 0 Å². The van der Waals surface area contributed by atoms with E-state index in [-0.39, 0.29) is 5.12 Å². The number of allylic oxidation sites excluding steroid dienone is 1. The van der Waals surface area contributed by atoms with Crippen molar-refractivity contribution in [1.29, 1.82) is 0 Å². The van der Waals surface area contributed by atoms with E-state index >= 15 is 0 Å². The summed E-state index contributed by atoms with van der Waals surface area (Å²) in [6.45, 7) is 5.53. The summed E-state index contributed by atoms with van der Waals surface area (Å²) in [5, 5.41) is 3.76. The fraction of sp³-hybridized carbons (Fsp3) is 0.444. The van der Waals surface area contributed by atoms with E-state index in [2.05, 4.69) is 18.9 Å². The van der Waals surface area contributed by atoms with E-state index in [0.29, 0.717) is 5.25 Å². The van der Waals surface area contributed by atoms with E-state index in [1.165, 1.54) is 22.7 Å². The predicted molar refractivity (Wildman–Crippen MR) is 65.0 cm³/mol. The molecule has 1 unspecified atom stereocenters. The first-order valence-corrected chi connectivity index (χ1v) is 6.90. The van der Waals surface area contributed by atoms with Gasteiger partial charge in [-0.1, -0.05) is 25.3 Å². The molecule has 1 nitrogen and oxygen atoms in total. The minimum atomic E-state index is 0.0729. The van der Waals surface area contributed by atoms with Crippen LogP contribution in [0.15, 0.2) is 23.0 Å². The van der Waals surface area contributed by atoms with E-state index in [1.807, 2.05) is 23.5 Å². The highest BCUT2D eigenvalue weighted by Gasteiger charge is 2.12. The van der Waals surface area contributed by atoms with Gasteiger partial charge in [-0.3, -0.25) is 4.79 Å². The molecule has 1 aliphatic heterocycles. The molecule has 1 atom stereocenters. The van der Waals surface area contributed by atoms with Crippen LogP contribution in [0.5, 0.6) is 0 Å². The average molecular weight is 232 g/mol. The summed E-state index contributed by atoms with van der Waals surface area (Å²) in [4.78, 5) is 12.4. The van der Waals surface area contributed by atoms with Crippen LogP contribution in [0.25, 0.3) is 0 Å². The lowest BCUT2D eigenvalue weighted by Crippen LogP contribution is -2.00. The van der Waals surface area contributed by atoms with Gasteiger partial charge in [0.05, 0.1) is 0 Å². The van der Waals surface area contributed by atoms with Crippen LogP contribution in [0.2, 0.25) is 0 Å².